The summed E-state index contributed by atoms with van der Waals surface area (Å²) in [4.78, 5) is 50.8. The molecule has 3 N–H and O–H groups in total. The highest BCUT2D eigenvalue weighted by atomic mass is 16.5. The summed E-state index contributed by atoms with van der Waals surface area (Å²) in [6, 6.07) is -0.829. The van der Waals surface area contributed by atoms with E-state index >= 15 is 0 Å². The van der Waals surface area contributed by atoms with Crippen molar-refractivity contribution in [2.75, 3.05) is 0 Å². The Morgan fingerprint density at radius 3 is 2.15 bits per heavy atom. The van der Waals surface area contributed by atoms with Crippen molar-refractivity contribution in [1.29, 1.82) is 0 Å². The lowest BCUT2D eigenvalue weighted by Crippen LogP contribution is -2.66. The Morgan fingerprint density at radius 2 is 1.51 bits per heavy atom. The summed E-state index contributed by atoms with van der Waals surface area (Å²) in [5, 5.41) is 22.4. The molecule has 6 fully saturated rings. The molecule has 0 saturated heterocycles. The fourth-order valence-electron chi connectivity index (χ4n) is 13.4. The molecule has 6 rings (SSSR count). The average Bonchev–Trinajstić information content (AvgIpc) is 3.43. The first-order valence-electron chi connectivity index (χ1n) is 19.0. The van der Waals surface area contributed by atoms with Crippen LogP contribution in [0, 0.1) is 74.9 Å². The molecular formula is C39H61NO7. The van der Waals surface area contributed by atoms with Crippen LogP contribution < -0.4 is 5.32 Å². The third kappa shape index (κ3) is 5.18. The van der Waals surface area contributed by atoms with Gasteiger partial charge in [-0.25, -0.2) is 4.79 Å². The lowest BCUT2D eigenvalue weighted by atomic mass is 9.33. The first-order chi connectivity index (χ1) is 22.0. The maximum absolute atomic E-state index is 14.1. The second kappa shape index (κ2) is 12.0. The Morgan fingerprint density at radius 1 is 0.787 bits per heavy atom. The standard InChI is InChI=1S/C39H61NO7/c1-21(2)19-29(33(43)44)40-35(46)39-14-8-9-28(39)27-10-11-31-36(5)15-13-30(47-34(45)25-20-24(22(25)3)32(41)42)23(4)26(36)12-16-38(31,7)37(27,6)17-18-39/h21-31H,8-20H2,1-7H3,(H,40,46)(H,41,42)(H,43,44)/t22?,23?,24?,25?,26?,27?,28?,29?,30?,31?,36?,37-,38?,39?/m1/s1. The van der Waals surface area contributed by atoms with Crippen LogP contribution in [0.5, 0.6) is 0 Å². The topological polar surface area (TPSA) is 130 Å². The smallest absolute Gasteiger partial charge is 0.326 e. The number of ether oxygens (including phenoxy) is 1. The van der Waals surface area contributed by atoms with Gasteiger partial charge in [-0.15, -0.1) is 0 Å². The molecule has 264 valence electrons. The quantitative estimate of drug-likeness (QED) is 0.233. The number of amides is 1. The fraction of sp³-hybridized carbons (Fsp3) is 0.897. The van der Waals surface area contributed by atoms with Crippen molar-refractivity contribution < 1.29 is 34.1 Å². The number of carboxylic acid groups (broad SMARTS) is 2. The number of carboxylic acids is 2. The van der Waals surface area contributed by atoms with Gasteiger partial charge in [0.2, 0.25) is 5.91 Å². The summed E-state index contributed by atoms with van der Waals surface area (Å²) >= 11 is 0. The molecule has 0 radical (unpaired) electrons. The number of hydrogen-bond donors (Lipinski definition) is 3. The van der Waals surface area contributed by atoms with Crippen LogP contribution in [0.15, 0.2) is 0 Å². The molecule has 0 bridgehead atoms. The van der Waals surface area contributed by atoms with Crippen LogP contribution in [-0.4, -0.2) is 46.2 Å². The maximum Gasteiger partial charge on any atom is 0.326 e. The largest absolute Gasteiger partial charge is 0.481 e. The zero-order valence-electron chi connectivity index (χ0n) is 30.0. The van der Waals surface area contributed by atoms with Crippen LogP contribution in [0.1, 0.15) is 132 Å². The van der Waals surface area contributed by atoms with E-state index in [0.29, 0.717) is 36.5 Å². The van der Waals surface area contributed by atoms with Crippen LogP contribution >= 0.6 is 0 Å². The summed E-state index contributed by atoms with van der Waals surface area (Å²) in [5.41, 5.74) is -0.00286. The Labute approximate surface area is 281 Å². The van der Waals surface area contributed by atoms with Gasteiger partial charge < -0.3 is 20.3 Å². The molecule has 8 heteroatoms. The third-order valence-corrected chi connectivity index (χ3v) is 16.3. The third-order valence-electron chi connectivity index (χ3n) is 16.3. The van der Waals surface area contributed by atoms with Gasteiger partial charge >= 0.3 is 17.9 Å². The van der Waals surface area contributed by atoms with Gasteiger partial charge in [0.25, 0.3) is 0 Å². The van der Waals surface area contributed by atoms with Crippen LogP contribution in [0.4, 0.5) is 0 Å². The lowest BCUT2D eigenvalue weighted by molar-refractivity contribution is -0.235. The summed E-state index contributed by atoms with van der Waals surface area (Å²) in [6.45, 7) is 15.8. The van der Waals surface area contributed by atoms with Gasteiger partial charge in [0.05, 0.1) is 17.3 Å². The Hall–Kier alpha value is -2.12. The summed E-state index contributed by atoms with van der Waals surface area (Å²) in [7, 11) is 0. The minimum Gasteiger partial charge on any atom is -0.481 e. The Balaban J connectivity index is 1.17. The lowest BCUT2D eigenvalue weighted by Gasteiger charge is -2.71. The summed E-state index contributed by atoms with van der Waals surface area (Å²) in [5.74, 6) is -0.585. The van der Waals surface area contributed by atoms with Crippen LogP contribution in [0.3, 0.4) is 0 Å². The molecule has 0 aliphatic heterocycles. The predicted octanol–water partition coefficient (Wildman–Crippen LogP) is 7.34. The van der Waals surface area contributed by atoms with E-state index in [-0.39, 0.29) is 57.9 Å². The van der Waals surface area contributed by atoms with Gasteiger partial charge in [-0.3, -0.25) is 14.4 Å². The number of rotatable bonds is 8. The Kier molecular flexibility index (Phi) is 8.89. The number of nitrogens with one attached hydrogen (secondary N) is 1. The summed E-state index contributed by atoms with van der Waals surface area (Å²) in [6.07, 6.45) is 12.0. The SMILES string of the molecule is CC(C)CC(NC(=O)C12CCCC1C1CCC3C4(C)CCC(OC(=O)C5CC(C(=O)O)C5C)C(C)C4CCC3(C)[C@]1(C)CC2)C(=O)O. The monoisotopic (exact) mass is 655 g/mol. The van der Waals surface area contributed by atoms with E-state index in [1.807, 2.05) is 20.8 Å². The van der Waals surface area contributed by atoms with Crippen molar-refractivity contribution in [2.24, 2.45) is 74.9 Å². The van der Waals surface area contributed by atoms with Crippen molar-refractivity contribution in [1.82, 2.24) is 5.32 Å². The number of carbonyl (C=O) groups is 4. The van der Waals surface area contributed by atoms with Crippen molar-refractivity contribution in [3.63, 3.8) is 0 Å². The number of hydrogen-bond acceptors (Lipinski definition) is 5. The average molecular weight is 656 g/mol. The second-order valence-corrected chi connectivity index (χ2v) is 18.4. The molecule has 8 nitrogen and oxygen atoms in total. The van der Waals surface area contributed by atoms with E-state index in [1.165, 1.54) is 0 Å². The molecule has 0 aromatic rings. The molecule has 6 aliphatic rings. The van der Waals surface area contributed by atoms with Gasteiger partial charge in [-0.2, -0.15) is 0 Å². The number of fused-ring (bicyclic) bond motifs is 7. The number of esters is 1. The van der Waals surface area contributed by atoms with Gasteiger partial charge in [0.1, 0.15) is 12.1 Å². The van der Waals surface area contributed by atoms with Crippen molar-refractivity contribution in [3.05, 3.63) is 0 Å². The summed E-state index contributed by atoms with van der Waals surface area (Å²) < 4.78 is 6.20. The van der Waals surface area contributed by atoms with Crippen molar-refractivity contribution in [2.45, 2.75) is 144 Å². The zero-order valence-corrected chi connectivity index (χ0v) is 30.0. The van der Waals surface area contributed by atoms with Crippen LogP contribution in [0.25, 0.3) is 0 Å². The molecule has 0 heterocycles. The minimum absolute atomic E-state index is 0.00508. The first kappa shape index (κ1) is 34.7. The zero-order chi connectivity index (χ0) is 34.3. The van der Waals surface area contributed by atoms with Gasteiger partial charge in [0.15, 0.2) is 0 Å². The number of carbonyl (C=O) groups excluding carboxylic acids is 2. The highest BCUT2D eigenvalue weighted by Crippen LogP contribution is 2.76. The van der Waals surface area contributed by atoms with Crippen molar-refractivity contribution >= 4 is 23.8 Å². The van der Waals surface area contributed by atoms with E-state index in [4.69, 9.17) is 4.74 Å². The van der Waals surface area contributed by atoms with Crippen LogP contribution in [0.2, 0.25) is 0 Å². The molecule has 6 aliphatic carbocycles. The molecule has 0 spiro atoms. The number of aliphatic carboxylic acids is 2. The minimum atomic E-state index is -0.931. The molecule has 14 atom stereocenters. The van der Waals surface area contributed by atoms with E-state index in [2.05, 4.69) is 33.0 Å². The fourth-order valence-corrected chi connectivity index (χ4v) is 13.4. The van der Waals surface area contributed by atoms with E-state index < -0.39 is 29.3 Å². The van der Waals surface area contributed by atoms with Crippen molar-refractivity contribution in [3.8, 4) is 0 Å². The molecule has 13 unspecified atom stereocenters. The molecule has 6 saturated carbocycles. The van der Waals surface area contributed by atoms with Gasteiger partial charge in [0, 0.05) is 0 Å². The Bertz CT molecular complexity index is 1280. The van der Waals surface area contributed by atoms with E-state index in [9.17, 15) is 29.4 Å². The van der Waals surface area contributed by atoms with Crippen LogP contribution in [-0.2, 0) is 23.9 Å². The molecule has 0 aromatic heterocycles. The molecule has 0 aromatic carbocycles. The van der Waals surface area contributed by atoms with Gasteiger partial charge in [-0.05, 0) is 135 Å². The highest BCUT2D eigenvalue weighted by molar-refractivity contribution is 5.88. The maximum atomic E-state index is 14.1. The molecule has 1 amide bonds. The van der Waals surface area contributed by atoms with E-state index in [1.54, 1.807) is 0 Å². The predicted molar refractivity (Wildman–Crippen MR) is 178 cm³/mol. The van der Waals surface area contributed by atoms with E-state index in [0.717, 1.165) is 70.6 Å². The highest BCUT2D eigenvalue weighted by Gasteiger charge is 2.70. The first-order valence-corrected chi connectivity index (χ1v) is 19.0. The normalized spacial score (nSPS) is 47.7. The second-order valence-electron chi connectivity index (χ2n) is 18.4. The van der Waals surface area contributed by atoms with Gasteiger partial charge in [-0.1, -0.05) is 54.9 Å². The molecule has 47 heavy (non-hydrogen) atoms. The molecular weight excluding hydrogens is 594 g/mol.